The van der Waals surface area contributed by atoms with Crippen LogP contribution in [0, 0.1) is 5.92 Å². The number of phosphoric acid groups is 3. The second kappa shape index (κ2) is 8.43. The number of nitrogens with zero attached hydrogens (tertiary/aromatic N) is 4. The lowest BCUT2D eigenvalue weighted by Gasteiger charge is -2.20. The minimum absolute atomic E-state index is 0.0876. The van der Waals surface area contributed by atoms with Crippen molar-refractivity contribution in [2.24, 2.45) is 5.92 Å². The van der Waals surface area contributed by atoms with Gasteiger partial charge in [-0.1, -0.05) is 12.2 Å². The molecule has 1 aliphatic carbocycles. The maximum Gasteiger partial charge on any atom is 0.490 e. The number of anilines is 1. The predicted molar refractivity (Wildman–Crippen MR) is 101 cm³/mol. The lowest BCUT2D eigenvalue weighted by molar-refractivity contribution is 0.0940. The highest BCUT2D eigenvalue weighted by Crippen LogP contribution is 2.66. The summed E-state index contributed by atoms with van der Waals surface area (Å²) in [5.74, 6) is -1.29. The molecule has 0 bridgehead atoms. The van der Waals surface area contributed by atoms with Gasteiger partial charge in [0.1, 0.15) is 6.33 Å². The fraction of sp³-hybridized carbons (Fsp3) is 0.417. The van der Waals surface area contributed by atoms with Gasteiger partial charge in [0.05, 0.1) is 18.9 Å². The Hall–Kier alpha value is -1.54. The van der Waals surface area contributed by atoms with Gasteiger partial charge < -0.3 is 30.4 Å². The van der Waals surface area contributed by atoms with E-state index in [9.17, 15) is 28.6 Å². The van der Waals surface area contributed by atoms with Gasteiger partial charge in [-0.3, -0.25) is 4.52 Å². The zero-order valence-corrected chi connectivity index (χ0v) is 18.1. The molecular formula is C12H18N5O11P3. The number of aliphatic hydroxyl groups is 1. The monoisotopic (exact) mass is 501 g/mol. The SMILES string of the molecule is C=C1[C@@H](c2cnn3c(N)ncnc23)C[C@H](O)[C@H]1COP(=O)(O)OP(=O)(O)OP(=O)(O)O. The number of aliphatic hydroxyl groups excluding tert-OH is 1. The second-order valence-electron chi connectivity index (χ2n) is 6.49. The quantitative estimate of drug-likeness (QED) is 0.207. The van der Waals surface area contributed by atoms with Crippen molar-refractivity contribution in [3.05, 3.63) is 30.2 Å². The standard InChI is InChI=1S/C12H18N5O11P3/c1-6-7(8-3-16-17-11(8)14-5-15-12(17)13)2-10(18)9(6)4-26-30(22,23)28-31(24,25)27-29(19,20)21/h3,5,7,9-10,18H,1-2,4H2,(H,22,23)(H,24,25)(H2,13,14,15)(H2,19,20,21)/t7-,9-,10-/m0/s1. The van der Waals surface area contributed by atoms with Crippen LogP contribution < -0.4 is 5.73 Å². The Kier molecular flexibility index (Phi) is 6.55. The van der Waals surface area contributed by atoms with Crippen LogP contribution in [-0.2, 0) is 26.8 Å². The van der Waals surface area contributed by atoms with Crippen LogP contribution in [0.25, 0.3) is 5.65 Å². The van der Waals surface area contributed by atoms with Crippen molar-refractivity contribution in [1.29, 1.82) is 0 Å². The molecule has 172 valence electrons. The number of phosphoric ester groups is 1. The Labute approximate surface area is 173 Å². The van der Waals surface area contributed by atoms with Gasteiger partial charge in [0.25, 0.3) is 0 Å². The fourth-order valence-electron chi connectivity index (χ4n) is 3.18. The first-order valence-corrected chi connectivity index (χ1v) is 12.8. The van der Waals surface area contributed by atoms with Crippen LogP contribution in [0.4, 0.5) is 5.95 Å². The highest BCUT2D eigenvalue weighted by Gasteiger charge is 2.43. The minimum atomic E-state index is -5.63. The van der Waals surface area contributed by atoms with Crippen LogP contribution in [0.1, 0.15) is 17.9 Å². The van der Waals surface area contributed by atoms with E-state index in [2.05, 4.69) is 34.8 Å². The molecule has 7 N–H and O–H groups in total. The number of fused-ring (bicyclic) bond motifs is 1. The molecule has 2 aromatic rings. The van der Waals surface area contributed by atoms with Crippen LogP contribution >= 0.6 is 23.5 Å². The van der Waals surface area contributed by atoms with E-state index in [4.69, 9.17) is 15.5 Å². The third kappa shape index (κ3) is 5.64. The number of rotatable bonds is 8. The first kappa shape index (κ1) is 24.1. The molecule has 1 saturated carbocycles. The first-order chi connectivity index (χ1) is 14.2. The topological polar surface area (TPSA) is 249 Å². The van der Waals surface area contributed by atoms with Gasteiger partial charge in [-0.15, -0.1) is 0 Å². The van der Waals surface area contributed by atoms with Crippen LogP contribution in [0.2, 0.25) is 0 Å². The van der Waals surface area contributed by atoms with Gasteiger partial charge in [0, 0.05) is 17.4 Å². The predicted octanol–water partition coefficient (Wildman–Crippen LogP) is 0.0704. The molecule has 2 unspecified atom stereocenters. The molecule has 16 nitrogen and oxygen atoms in total. The summed E-state index contributed by atoms with van der Waals surface area (Å²) in [5.41, 5.74) is 7.05. The summed E-state index contributed by atoms with van der Waals surface area (Å²) in [6.45, 7) is 3.21. The Morgan fingerprint density at radius 1 is 1.16 bits per heavy atom. The Morgan fingerprint density at radius 3 is 2.48 bits per heavy atom. The highest BCUT2D eigenvalue weighted by atomic mass is 31.3. The van der Waals surface area contributed by atoms with E-state index in [1.165, 1.54) is 17.0 Å². The summed E-state index contributed by atoms with van der Waals surface area (Å²) in [7, 11) is -16.5. The largest absolute Gasteiger partial charge is 0.490 e. The molecule has 2 aromatic heterocycles. The summed E-state index contributed by atoms with van der Waals surface area (Å²) in [4.78, 5) is 43.7. The Bertz CT molecular complexity index is 1150. The maximum absolute atomic E-state index is 11.9. The lowest BCUT2D eigenvalue weighted by atomic mass is 9.94. The molecule has 0 saturated heterocycles. The van der Waals surface area contributed by atoms with Crippen LogP contribution in [-0.4, -0.2) is 57.0 Å². The highest BCUT2D eigenvalue weighted by molar-refractivity contribution is 7.66. The van der Waals surface area contributed by atoms with E-state index < -0.39 is 48.0 Å². The summed E-state index contributed by atoms with van der Waals surface area (Å²) in [5, 5.41) is 14.4. The van der Waals surface area contributed by atoms with Gasteiger partial charge in [-0.25, -0.2) is 23.7 Å². The van der Waals surface area contributed by atoms with Crippen molar-refractivity contribution in [2.45, 2.75) is 18.4 Å². The zero-order chi connectivity index (χ0) is 23.2. The van der Waals surface area contributed by atoms with E-state index in [0.717, 1.165) is 0 Å². The molecule has 3 rings (SSSR count). The Morgan fingerprint density at radius 2 is 1.84 bits per heavy atom. The number of hydrogen-bond donors (Lipinski definition) is 6. The summed E-state index contributed by atoms with van der Waals surface area (Å²) in [6, 6.07) is 0. The normalized spacial score (nSPS) is 26.1. The Balaban J connectivity index is 1.71. The third-order valence-electron chi connectivity index (χ3n) is 4.43. The van der Waals surface area contributed by atoms with E-state index in [1.807, 2.05) is 0 Å². The van der Waals surface area contributed by atoms with Crippen molar-refractivity contribution < 1.29 is 51.5 Å². The smallest absolute Gasteiger partial charge is 0.392 e. The minimum Gasteiger partial charge on any atom is -0.392 e. The number of aromatic nitrogens is 4. The molecule has 5 atom stereocenters. The third-order valence-corrected chi connectivity index (χ3v) is 8.23. The van der Waals surface area contributed by atoms with Gasteiger partial charge in [0.15, 0.2) is 5.65 Å². The fourth-order valence-corrected chi connectivity index (χ4v) is 6.22. The lowest BCUT2D eigenvalue weighted by Crippen LogP contribution is -2.19. The van der Waals surface area contributed by atoms with Gasteiger partial charge in [-0.05, 0) is 6.42 Å². The number of hydrogen-bond acceptors (Lipinski definition) is 11. The number of nitrogen functional groups attached to an aromatic ring is 1. The molecule has 0 spiro atoms. The average Bonchev–Trinajstić information content (AvgIpc) is 3.12. The second-order valence-corrected chi connectivity index (χ2v) is 10.9. The van der Waals surface area contributed by atoms with Crippen molar-refractivity contribution in [1.82, 2.24) is 19.6 Å². The van der Waals surface area contributed by atoms with Crippen molar-refractivity contribution >= 4 is 35.1 Å². The molecule has 31 heavy (non-hydrogen) atoms. The first-order valence-electron chi connectivity index (χ1n) is 8.28. The van der Waals surface area contributed by atoms with Crippen molar-refractivity contribution in [3.63, 3.8) is 0 Å². The van der Waals surface area contributed by atoms with Crippen LogP contribution in [0.15, 0.2) is 24.7 Å². The van der Waals surface area contributed by atoms with E-state index in [0.29, 0.717) is 16.8 Å². The summed E-state index contributed by atoms with van der Waals surface area (Å²) in [6.07, 6.45) is 1.75. The molecule has 0 radical (unpaired) electrons. The van der Waals surface area contributed by atoms with Crippen molar-refractivity contribution in [3.8, 4) is 0 Å². The summed E-state index contributed by atoms with van der Waals surface area (Å²) < 4.78 is 47.1. The molecule has 0 amide bonds. The van der Waals surface area contributed by atoms with Gasteiger partial charge in [0.2, 0.25) is 5.95 Å². The van der Waals surface area contributed by atoms with Crippen LogP contribution in [0.5, 0.6) is 0 Å². The van der Waals surface area contributed by atoms with Crippen molar-refractivity contribution in [2.75, 3.05) is 12.3 Å². The zero-order valence-electron chi connectivity index (χ0n) is 15.4. The average molecular weight is 501 g/mol. The van der Waals surface area contributed by atoms with E-state index in [-0.39, 0.29) is 12.4 Å². The van der Waals surface area contributed by atoms with Gasteiger partial charge in [-0.2, -0.15) is 18.2 Å². The molecule has 2 heterocycles. The molecule has 0 aliphatic heterocycles. The molecule has 1 fully saturated rings. The molecule has 0 aromatic carbocycles. The van der Waals surface area contributed by atoms with E-state index in [1.54, 1.807) is 0 Å². The molecule has 1 aliphatic rings. The number of nitrogens with two attached hydrogens (primary N) is 1. The van der Waals surface area contributed by atoms with E-state index >= 15 is 0 Å². The maximum atomic E-state index is 11.9. The molecule has 19 heteroatoms. The summed E-state index contributed by atoms with van der Waals surface area (Å²) >= 11 is 0. The molecular weight excluding hydrogens is 483 g/mol. The van der Waals surface area contributed by atoms with Gasteiger partial charge >= 0.3 is 23.5 Å². The van der Waals surface area contributed by atoms with Crippen LogP contribution in [0.3, 0.4) is 0 Å².